The first-order valence-corrected chi connectivity index (χ1v) is 7.60. The molecule has 1 aromatic carbocycles. The predicted molar refractivity (Wildman–Crippen MR) is 82.7 cm³/mol. The summed E-state index contributed by atoms with van der Waals surface area (Å²) in [6, 6.07) is 10.8. The summed E-state index contributed by atoms with van der Waals surface area (Å²) in [5, 5.41) is 5.72. The van der Waals surface area contributed by atoms with Gasteiger partial charge in [-0.1, -0.05) is 18.2 Å². The van der Waals surface area contributed by atoms with Gasteiger partial charge in [0.1, 0.15) is 0 Å². The summed E-state index contributed by atoms with van der Waals surface area (Å²) in [6.07, 6.45) is 4.40. The third-order valence-electron chi connectivity index (χ3n) is 3.45. The summed E-state index contributed by atoms with van der Waals surface area (Å²) >= 11 is 1.76. The number of nitrogens with zero attached hydrogens (tertiary/aromatic N) is 1. The third-order valence-corrected chi connectivity index (χ3v) is 4.19. The summed E-state index contributed by atoms with van der Waals surface area (Å²) in [5.41, 5.74) is 9.74. The molecule has 0 saturated carbocycles. The van der Waals surface area contributed by atoms with Gasteiger partial charge in [0, 0.05) is 23.6 Å². The van der Waals surface area contributed by atoms with Gasteiger partial charge in [0.05, 0.1) is 0 Å². The van der Waals surface area contributed by atoms with Crippen LogP contribution in [0.15, 0.2) is 47.3 Å². The lowest BCUT2D eigenvalue weighted by Gasteiger charge is -2.02. The molecule has 0 aliphatic heterocycles. The molecule has 2 heterocycles. The molecule has 0 spiro atoms. The lowest BCUT2D eigenvalue weighted by Crippen LogP contribution is -2.00. The quantitative estimate of drug-likeness (QED) is 0.754. The van der Waals surface area contributed by atoms with Crippen molar-refractivity contribution in [2.75, 3.05) is 6.54 Å². The molecule has 0 aliphatic carbocycles. The van der Waals surface area contributed by atoms with Crippen LogP contribution in [0.25, 0.3) is 10.9 Å². The van der Waals surface area contributed by atoms with Gasteiger partial charge in [-0.15, -0.1) is 0 Å². The van der Waals surface area contributed by atoms with Gasteiger partial charge in [-0.25, -0.2) is 0 Å². The summed E-state index contributed by atoms with van der Waals surface area (Å²) in [7, 11) is 0. The Balaban J connectivity index is 1.99. The second-order valence-electron chi connectivity index (χ2n) is 4.82. The number of aryl methyl sites for hydroxylation is 1. The molecule has 19 heavy (non-hydrogen) atoms. The molecule has 0 bridgehead atoms. The summed E-state index contributed by atoms with van der Waals surface area (Å²) in [4.78, 5) is 0. The van der Waals surface area contributed by atoms with E-state index in [9.17, 15) is 0 Å². The van der Waals surface area contributed by atoms with Crippen LogP contribution in [0.3, 0.4) is 0 Å². The smallest absolute Gasteiger partial charge is 0.0486 e. The molecule has 0 aliphatic rings. The second kappa shape index (κ2) is 5.59. The molecule has 2 nitrogen and oxygen atoms in total. The van der Waals surface area contributed by atoms with E-state index in [4.69, 9.17) is 5.73 Å². The van der Waals surface area contributed by atoms with Gasteiger partial charge in [-0.05, 0) is 53.4 Å². The first-order valence-electron chi connectivity index (χ1n) is 6.66. The molecule has 0 unspecified atom stereocenters. The Kier molecular flexibility index (Phi) is 3.67. The van der Waals surface area contributed by atoms with Gasteiger partial charge >= 0.3 is 0 Å². The molecular formula is C16H18N2S. The molecular weight excluding hydrogens is 252 g/mol. The van der Waals surface area contributed by atoms with Crippen LogP contribution in [0.5, 0.6) is 0 Å². The SMILES string of the molecule is NCCCc1cn(Cc2ccsc2)c2ccccc12. The topological polar surface area (TPSA) is 30.9 Å². The number of hydrogen-bond donors (Lipinski definition) is 1. The van der Waals surface area contributed by atoms with Crippen LogP contribution >= 0.6 is 11.3 Å². The summed E-state index contributed by atoms with van der Waals surface area (Å²) in [5.74, 6) is 0. The van der Waals surface area contributed by atoms with E-state index in [1.165, 1.54) is 22.0 Å². The number of rotatable bonds is 5. The van der Waals surface area contributed by atoms with Gasteiger partial charge in [-0.2, -0.15) is 11.3 Å². The average molecular weight is 270 g/mol. The molecule has 3 heteroatoms. The van der Waals surface area contributed by atoms with Crippen molar-refractivity contribution in [1.29, 1.82) is 0 Å². The summed E-state index contributed by atoms with van der Waals surface area (Å²) in [6.45, 7) is 1.71. The molecule has 0 amide bonds. The third kappa shape index (κ3) is 2.57. The van der Waals surface area contributed by atoms with Crippen molar-refractivity contribution >= 4 is 22.2 Å². The van der Waals surface area contributed by atoms with Crippen molar-refractivity contribution in [2.45, 2.75) is 19.4 Å². The van der Waals surface area contributed by atoms with Crippen molar-refractivity contribution in [3.63, 3.8) is 0 Å². The van der Waals surface area contributed by atoms with Crippen LogP contribution in [0, 0.1) is 0 Å². The van der Waals surface area contributed by atoms with Crippen molar-refractivity contribution in [3.8, 4) is 0 Å². The fraction of sp³-hybridized carbons (Fsp3) is 0.250. The van der Waals surface area contributed by atoms with Crippen molar-refractivity contribution in [3.05, 3.63) is 58.4 Å². The van der Waals surface area contributed by atoms with E-state index in [-0.39, 0.29) is 0 Å². The highest BCUT2D eigenvalue weighted by molar-refractivity contribution is 7.07. The molecule has 0 saturated heterocycles. The number of hydrogen-bond acceptors (Lipinski definition) is 2. The van der Waals surface area contributed by atoms with Crippen LogP contribution in [0.2, 0.25) is 0 Å². The average Bonchev–Trinajstić information content (AvgIpc) is 3.06. The van der Waals surface area contributed by atoms with Crippen LogP contribution in [0.4, 0.5) is 0 Å². The molecule has 2 N–H and O–H groups in total. The van der Waals surface area contributed by atoms with Crippen LogP contribution in [-0.4, -0.2) is 11.1 Å². The normalized spacial score (nSPS) is 11.2. The maximum absolute atomic E-state index is 5.63. The Hall–Kier alpha value is -1.58. The fourth-order valence-corrected chi connectivity index (χ4v) is 3.18. The van der Waals surface area contributed by atoms with Crippen LogP contribution in [0.1, 0.15) is 17.5 Å². The van der Waals surface area contributed by atoms with Crippen molar-refractivity contribution in [1.82, 2.24) is 4.57 Å². The van der Waals surface area contributed by atoms with Gasteiger partial charge in [-0.3, -0.25) is 0 Å². The van der Waals surface area contributed by atoms with Gasteiger partial charge in [0.25, 0.3) is 0 Å². The highest BCUT2D eigenvalue weighted by Gasteiger charge is 2.08. The van der Waals surface area contributed by atoms with Gasteiger partial charge < -0.3 is 10.3 Å². The number of thiophene rings is 1. The fourth-order valence-electron chi connectivity index (χ4n) is 2.52. The number of aromatic nitrogens is 1. The minimum absolute atomic E-state index is 0.754. The van der Waals surface area contributed by atoms with Gasteiger partial charge in [0.2, 0.25) is 0 Å². The van der Waals surface area contributed by atoms with E-state index < -0.39 is 0 Å². The highest BCUT2D eigenvalue weighted by Crippen LogP contribution is 2.23. The highest BCUT2D eigenvalue weighted by atomic mass is 32.1. The molecule has 3 aromatic rings. The minimum Gasteiger partial charge on any atom is -0.343 e. The number of benzene rings is 1. The van der Waals surface area contributed by atoms with Crippen LogP contribution < -0.4 is 5.73 Å². The molecule has 0 fully saturated rings. The van der Waals surface area contributed by atoms with Crippen molar-refractivity contribution in [2.24, 2.45) is 5.73 Å². The monoisotopic (exact) mass is 270 g/mol. The lowest BCUT2D eigenvalue weighted by molar-refractivity contribution is 0.808. The van der Waals surface area contributed by atoms with E-state index in [0.29, 0.717) is 0 Å². The zero-order valence-electron chi connectivity index (χ0n) is 10.9. The zero-order valence-corrected chi connectivity index (χ0v) is 11.7. The Morgan fingerprint density at radius 2 is 2.05 bits per heavy atom. The van der Waals surface area contributed by atoms with E-state index in [2.05, 4.69) is 51.9 Å². The lowest BCUT2D eigenvalue weighted by atomic mass is 10.1. The minimum atomic E-state index is 0.754. The Bertz CT molecular complexity index is 653. The Morgan fingerprint density at radius 3 is 2.84 bits per heavy atom. The number of fused-ring (bicyclic) bond motifs is 1. The zero-order chi connectivity index (χ0) is 13.1. The van der Waals surface area contributed by atoms with Gasteiger partial charge in [0.15, 0.2) is 0 Å². The van der Waals surface area contributed by atoms with Crippen molar-refractivity contribution < 1.29 is 0 Å². The van der Waals surface area contributed by atoms with E-state index >= 15 is 0 Å². The Morgan fingerprint density at radius 1 is 1.16 bits per heavy atom. The molecule has 2 aromatic heterocycles. The Labute approximate surface area is 117 Å². The molecule has 0 radical (unpaired) electrons. The van der Waals surface area contributed by atoms with E-state index in [1.807, 2.05) is 0 Å². The molecule has 0 atom stereocenters. The van der Waals surface area contributed by atoms with E-state index in [1.54, 1.807) is 11.3 Å². The maximum atomic E-state index is 5.63. The first-order chi connectivity index (χ1) is 9.38. The largest absolute Gasteiger partial charge is 0.343 e. The first kappa shape index (κ1) is 12.5. The van der Waals surface area contributed by atoms with Crippen LogP contribution in [-0.2, 0) is 13.0 Å². The number of para-hydroxylation sites is 1. The second-order valence-corrected chi connectivity index (χ2v) is 5.60. The standard InChI is InChI=1S/C16H18N2S/c17-8-3-4-14-11-18(10-13-7-9-19-12-13)16-6-2-1-5-15(14)16/h1-2,5-7,9,11-12H,3-4,8,10,17H2. The molecule has 3 rings (SSSR count). The van der Waals surface area contributed by atoms with E-state index in [0.717, 1.165) is 25.9 Å². The molecule has 98 valence electrons. The summed E-state index contributed by atoms with van der Waals surface area (Å²) < 4.78 is 2.35. The predicted octanol–water partition coefficient (Wildman–Crippen LogP) is 3.64. The maximum Gasteiger partial charge on any atom is 0.0486 e. The number of nitrogens with two attached hydrogens (primary N) is 1.